The number of aliphatic hydroxyl groups excluding tert-OH is 1. The summed E-state index contributed by atoms with van der Waals surface area (Å²) in [4.78, 5) is 12.8. The Labute approximate surface area is 241 Å². The molecule has 6 nitrogen and oxygen atoms in total. The normalized spacial score (nSPS) is 13.0. The molecule has 8 heteroatoms. The Hall–Kier alpha value is -3.42. The monoisotopic (exact) mass is 566 g/mol. The average Bonchev–Trinajstić information content (AvgIpc) is 2.93. The number of anilines is 2. The van der Waals surface area contributed by atoms with E-state index in [1.54, 1.807) is 24.3 Å². The zero-order chi connectivity index (χ0) is 29.3. The largest absolute Gasteiger partial charge is 0.394 e. The van der Waals surface area contributed by atoms with Crippen LogP contribution in [-0.2, 0) is 6.42 Å². The second kappa shape index (κ2) is 14.3. The second-order valence-electron chi connectivity index (χ2n) is 11.3. The Morgan fingerprint density at radius 3 is 2.35 bits per heavy atom. The van der Waals surface area contributed by atoms with Gasteiger partial charge in [0.1, 0.15) is 5.82 Å². The smallest absolute Gasteiger partial charge is 0.315 e. The van der Waals surface area contributed by atoms with Gasteiger partial charge in [0.2, 0.25) is 0 Å². The van der Waals surface area contributed by atoms with Gasteiger partial charge in [0.15, 0.2) is 0 Å². The zero-order valence-electron chi connectivity index (χ0n) is 23.6. The van der Waals surface area contributed by atoms with Crippen LogP contribution in [0.15, 0.2) is 66.7 Å². The first kappa shape index (κ1) is 31.1. The van der Waals surface area contributed by atoms with E-state index >= 15 is 0 Å². The lowest BCUT2D eigenvalue weighted by atomic mass is 9.71. The number of rotatable bonds is 13. The van der Waals surface area contributed by atoms with Crippen LogP contribution in [0.5, 0.6) is 0 Å². The fraction of sp³-hybridized carbons (Fsp3) is 0.375. The summed E-state index contributed by atoms with van der Waals surface area (Å²) in [6.45, 7) is 8.85. The van der Waals surface area contributed by atoms with Crippen molar-refractivity contribution in [2.45, 2.75) is 52.5 Å². The molecule has 40 heavy (non-hydrogen) atoms. The molecule has 3 aromatic rings. The molecule has 0 aliphatic rings. The van der Waals surface area contributed by atoms with Crippen molar-refractivity contribution >= 4 is 35.2 Å². The Morgan fingerprint density at radius 1 is 1.07 bits per heavy atom. The number of amides is 2. The molecule has 0 heterocycles. The quantitative estimate of drug-likeness (QED) is 0.141. The van der Waals surface area contributed by atoms with Crippen molar-refractivity contribution in [3.63, 3.8) is 0 Å². The number of urea groups is 1. The molecule has 0 bridgehead atoms. The molecule has 0 saturated carbocycles. The third-order valence-corrected chi connectivity index (χ3v) is 7.31. The highest BCUT2D eigenvalue weighted by atomic mass is 35.5. The number of aliphatic hydroxyl groups is 1. The van der Waals surface area contributed by atoms with Crippen LogP contribution in [0.2, 0.25) is 5.02 Å². The molecular weight excluding hydrogens is 527 g/mol. The molecule has 0 aliphatic heterocycles. The lowest BCUT2D eigenvalue weighted by molar-refractivity contribution is 0.203. The first-order valence-corrected chi connectivity index (χ1v) is 13.9. The molecule has 0 aliphatic carbocycles. The minimum absolute atomic E-state index is 0.106. The molecular formula is C32H40ClFN4O2. The van der Waals surface area contributed by atoms with Gasteiger partial charge in [0, 0.05) is 34.7 Å². The number of hydrogen-bond donors (Lipinski definition) is 5. The lowest BCUT2D eigenvalue weighted by Crippen LogP contribution is -2.48. The van der Waals surface area contributed by atoms with Crippen LogP contribution >= 0.6 is 11.6 Å². The summed E-state index contributed by atoms with van der Waals surface area (Å²) in [5, 5.41) is 27.6. The third kappa shape index (κ3) is 9.07. The first-order valence-electron chi connectivity index (χ1n) is 13.6. The van der Waals surface area contributed by atoms with Crippen molar-refractivity contribution in [1.29, 1.82) is 5.41 Å². The standard InChI is InChI=1S/C32H40ClFN4O2/c1-21(2)15-29(23-7-14-30(24(17-23)18-35)37-27-12-10-26(34)11-13-27)32(3,4)20-36-31(40)38-28(19-39)16-22-5-8-25(33)9-6-22/h5-14,17-18,21,28-29,35,37,39H,15-16,19-20H2,1-4H3,(H2,36,38,40). The number of halogens is 2. The predicted octanol–water partition coefficient (Wildman–Crippen LogP) is 7.28. The summed E-state index contributed by atoms with van der Waals surface area (Å²) in [5.41, 5.74) is 3.98. The summed E-state index contributed by atoms with van der Waals surface area (Å²) in [5.74, 6) is 0.216. The van der Waals surface area contributed by atoms with Gasteiger partial charge in [-0.3, -0.25) is 0 Å². The van der Waals surface area contributed by atoms with Crippen LogP contribution in [0.3, 0.4) is 0 Å². The highest BCUT2D eigenvalue weighted by Gasteiger charge is 2.32. The minimum atomic E-state index is -0.424. The number of carbonyl (C=O) groups excluding carboxylic acids is 1. The van der Waals surface area contributed by atoms with Gasteiger partial charge in [0.25, 0.3) is 0 Å². The fourth-order valence-electron chi connectivity index (χ4n) is 4.83. The van der Waals surface area contributed by atoms with Crippen LogP contribution in [0.4, 0.5) is 20.6 Å². The van der Waals surface area contributed by atoms with Crippen molar-refractivity contribution in [2.75, 3.05) is 18.5 Å². The van der Waals surface area contributed by atoms with Crippen LogP contribution < -0.4 is 16.0 Å². The fourth-order valence-corrected chi connectivity index (χ4v) is 4.96. The molecule has 0 radical (unpaired) electrons. The van der Waals surface area contributed by atoms with E-state index in [0.29, 0.717) is 23.9 Å². The van der Waals surface area contributed by atoms with Crippen molar-refractivity contribution < 1.29 is 14.3 Å². The van der Waals surface area contributed by atoms with E-state index in [2.05, 4.69) is 49.7 Å². The zero-order valence-corrected chi connectivity index (χ0v) is 24.4. The summed E-state index contributed by atoms with van der Waals surface area (Å²) in [7, 11) is 0. The summed E-state index contributed by atoms with van der Waals surface area (Å²) in [6, 6.07) is 18.7. The number of hydrogen-bond acceptors (Lipinski definition) is 4. The molecule has 3 aromatic carbocycles. The Bertz CT molecular complexity index is 1260. The Kier molecular flexibility index (Phi) is 11.1. The van der Waals surface area contributed by atoms with Crippen LogP contribution in [0.25, 0.3) is 0 Å². The van der Waals surface area contributed by atoms with Crippen molar-refractivity contribution in [1.82, 2.24) is 10.6 Å². The highest BCUT2D eigenvalue weighted by molar-refractivity contribution is 6.30. The number of benzene rings is 3. The SMILES string of the molecule is CC(C)CC(c1ccc(Nc2ccc(F)cc2)c(C=N)c1)C(C)(C)CNC(=O)NC(CO)Cc1ccc(Cl)cc1. The molecule has 0 fully saturated rings. The van der Waals surface area contributed by atoms with Gasteiger partial charge in [-0.25, -0.2) is 9.18 Å². The third-order valence-electron chi connectivity index (χ3n) is 7.06. The Balaban J connectivity index is 1.71. The van der Waals surface area contributed by atoms with Crippen LogP contribution in [0, 0.1) is 22.6 Å². The molecule has 2 amide bonds. The molecule has 2 unspecified atom stereocenters. The molecule has 214 valence electrons. The van der Waals surface area contributed by atoms with Gasteiger partial charge in [-0.2, -0.15) is 0 Å². The summed E-state index contributed by atoms with van der Waals surface area (Å²) in [6.07, 6.45) is 2.70. The number of nitrogens with one attached hydrogen (secondary N) is 4. The van der Waals surface area contributed by atoms with Gasteiger partial charge >= 0.3 is 6.03 Å². The van der Waals surface area contributed by atoms with Gasteiger partial charge in [-0.1, -0.05) is 57.5 Å². The van der Waals surface area contributed by atoms with Gasteiger partial charge in [0.05, 0.1) is 12.6 Å². The van der Waals surface area contributed by atoms with Gasteiger partial charge in [-0.15, -0.1) is 0 Å². The molecule has 3 rings (SSSR count). The van der Waals surface area contributed by atoms with Crippen LogP contribution in [0.1, 0.15) is 56.7 Å². The van der Waals surface area contributed by atoms with Gasteiger partial charge in [-0.05, 0) is 89.8 Å². The second-order valence-corrected chi connectivity index (χ2v) is 11.8. The van der Waals surface area contributed by atoms with E-state index in [1.165, 1.54) is 18.3 Å². The Morgan fingerprint density at radius 2 is 1.75 bits per heavy atom. The number of carbonyl (C=O) groups is 1. The molecule has 0 spiro atoms. The highest BCUT2D eigenvalue weighted by Crippen LogP contribution is 2.41. The molecule has 2 atom stereocenters. The molecule has 0 saturated heterocycles. The maximum atomic E-state index is 13.3. The van der Waals surface area contributed by atoms with Crippen LogP contribution in [-0.4, -0.2) is 36.5 Å². The average molecular weight is 567 g/mol. The van der Waals surface area contributed by atoms with E-state index in [0.717, 1.165) is 34.5 Å². The van der Waals surface area contributed by atoms with E-state index in [-0.39, 0.29) is 29.8 Å². The van der Waals surface area contributed by atoms with Crippen molar-refractivity contribution in [3.05, 3.63) is 94.3 Å². The minimum Gasteiger partial charge on any atom is -0.394 e. The molecule has 0 aromatic heterocycles. The maximum Gasteiger partial charge on any atom is 0.315 e. The van der Waals surface area contributed by atoms with E-state index < -0.39 is 6.04 Å². The van der Waals surface area contributed by atoms with Gasteiger partial charge < -0.3 is 26.5 Å². The summed E-state index contributed by atoms with van der Waals surface area (Å²) >= 11 is 5.96. The molecule has 5 N–H and O–H groups in total. The maximum absolute atomic E-state index is 13.3. The predicted molar refractivity (Wildman–Crippen MR) is 163 cm³/mol. The summed E-state index contributed by atoms with van der Waals surface area (Å²) < 4.78 is 13.3. The van der Waals surface area contributed by atoms with Crippen molar-refractivity contribution in [2.24, 2.45) is 11.3 Å². The van der Waals surface area contributed by atoms with E-state index in [9.17, 15) is 14.3 Å². The topological polar surface area (TPSA) is 97.2 Å². The van der Waals surface area contributed by atoms with E-state index in [4.69, 9.17) is 17.0 Å². The van der Waals surface area contributed by atoms with Crippen molar-refractivity contribution in [3.8, 4) is 0 Å². The van der Waals surface area contributed by atoms with E-state index in [1.807, 2.05) is 24.3 Å². The lowest BCUT2D eigenvalue weighted by Gasteiger charge is -2.36. The first-order chi connectivity index (χ1) is 19.0.